The summed E-state index contributed by atoms with van der Waals surface area (Å²) in [6.07, 6.45) is 0. The second-order valence-corrected chi connectivity index (χ2v) is 8.82. The van der Waals surface area contributed by atoms with Gasteiger partial charge in [0.15, 0.2) is 6.61 Å². The lowest BCUT2D eigenvalue weighted by atomic mass is 10.2. The zero-order valence-electron chi connectivity index (χ0n) is 17.0. The number of carbonyl (C=O) groups is 2. The lowest BCUT2D eigenvalue weighted by Gasteiger charge is -2.14. The minimum atomic E-state index is -3.84. The molecule has 0 aliphatic carbocycles. The summed E-state index contributed by atoms with van der Waals surface area (Å²) >= 11 is 6.04. The highest BCUT2D eigenvalue weighted by Crippen LogP contribution is 2.28. The van der Waals surface area contributed by atoms with Crippen LogP contribution in [0.3, 0.4) is 0 Å². The van der Waals surface area contributed by atoms with Crippen molar-refractivity contribution in [2.45, 2.75) is 11.8 Å². The van der Waals surface area contributed by atoms with Gasteiger partial charge in [0.1, 0.15) is 5.75 Å². The SMILES string of the molecule is Cc1cc(S(N)(=O)=O)ccc1NC(=O)COc1ccc(Cl)cc1NC(=O)c1ccccc1. The molecule has 3 aromatic rings. The predicted molar refractivity (Wildman–Crippen MR) is 123 cm³/mol. The van der Waals surface area contributed by atoms with Gasteiger partial charge in [-0.2, -0.15) is 0 Å². The van der Waals surface area contributed by atoms with E-state index in [0.717, 1.165) is 0 Å². The van der Waals surface area contributed by atoms with Crippen molar-refractivity contribution >= 4 is 44.8 Å². The summed E-state index contributed by atoms with van der Waals surface area (Å²) in [5, 5.41) is 10.9. The van der Waals surface area contributed by atoms with Crippen LogP contribution in [0.15, 0.2) is 71.6 Å². The van der Waals surface area contributed by atoms with E-state index >= 15 is 0 Å². The van der Waals surface area contributed by atoms with Crippen LogP contribution in [0.4, 0.5) is 11.4 Å². The highest BCUT2D eigenvalue weighted by Gasteiger charge is 2.14. The number of rotatable bonds is 7. The van der Waals surface area contributed by atoms with E-state index in [2.05, 4.69) is 10.6 Å². The first-order chi connectivity index (χ1) is 15.1. The molecule has 0 fully saturated rings. The Morgan fingerprint density at radius 3 is 2.34 bits per heavy atom. The van der Waals surface area contributed by atoms with Crippen LogP contribution >= 0.6 is 11.6 Å². The molecule has 2 amide bonds. The first kappa shape index (κ1) is 23.3. The minimum absolute atomic E-state index is 0.0517. The van der Waals surface area contributed by atoms with Crippen molar-refractivity contribution < 1.29 is 22.7 Å². The summed E-state index contributed by atoms with van der Waals surface area (Å²) < 4.78 is 28.4. The van der Waals surface area contributed by atoms with Gasteiger partial charge in [0, 0.05) is 16.3 Å². The number of hydrogen-bond acceptors (Lipinski definition) is 5. The van der Waals surface area contributed by atoms with Crippen LogP contribution in [-0.4, -0.2) is 26.8 Å². The number of primary sulfonamides is 1. The molecule has 0 aliphatic heterocycles. The smallest absolute Gasteiger partial charge is 0.262 e. The van der Waals surface area contributed by atoms with E-state index in [-0.39, 0.29) is 23.2 Å². The summed E-state index contributed by atoms with van der Waals surface area (Å²) in [5.74, 6) is -0.574. The van der Waals surface area contributed by atoms with Gasteiger partial charge in [-0.25, -0.2) is 13.6 Å². The van der Waals surface area contributed by atoms with Gasteiger partial charge in [0.05, 0.1) is 10.6 Å². The standard InChI is InChI=1S/C22H20ClN3O5S/c1-14-11-17(32(24,29)30)8-9-18(14)25-21(27)13-31-20-10-7-16(23)12-19(20)26-22(28)15-5-3-2-4-6-15/h2-12H,13H2,1H3,(H,25,27)(H,26,28)(H2,24,29,30). The zero-order chi connectivity index (χ0) is 23.3. The first-order valence-electron chi connectivity index (χ1n) is 9.35. The number of nitrogens with one attached hydrogen (secondary N) is 2. The Morgan fingerprint density at radius 1 is 0.969 bits per heavy atom. The van der Waals surface area contributed by atoms with Crippen LogP contribution < -0.4 is 20.5 Å². The van der Waals surface area contributed by atoms with Crippen LogP contribution in [-0.2, 0) is 14.8 Å². The lowest BCUT2D eigenvalue weighted by Crippen LogP contribution is -2.21. The van der Waals surface area contributed by atoms with Gasteiger partial charge in [-0.3, -0.25) is 9.59 Å². The summed E-state index contributed by atoms with van der Waals surface area (Å²) in [4.78, 5) is 24.7. The number of sulfonamides is 1. The molecular formula is C22H20ClN3O5S. The highest BCUT2D eigenvalue weighted by molar-refractivity contribution is 7.89. The van der Waals surface area contributed by atoms with E-state index in [1.807, 2.05) is 0 Å². The number of carbonyl (C=O) groups excluding carboxylic acids is 2. The first-order valence-corrected chi connectivity index (χ1v) is 11.3. The molecule has 8 nitrogen and oxygen atoms in total. The molecule has 3 rings (SSSR count). The molecule has 4 N–H and O–H groups in total. The van der Waals surface area contributed by atoms with Gasteiger partial charge in [-0.15, -0.1) is 0 Å². The number of anilines is 2. The van der Waals surface area contributed by atoms with Crippen LogP contribution in [0.25, 0.3) is 0 Å². The molecular weight excluding hydrogens is 454 g/mol. The van der Waals surface area contributed by atoms with Crippen molar-refractivity contribution in [1.29, 1.82) is 0 Å². The number of hydrogen-bond donors (Lipinski definition) is 3. The predicted octanol–water partition coefficient (Wildman–Crippen LogP) is 3.57. The number of amides is 2. The summed E-state index contributed by atoms with van der Waals surface area (Å²) in [6, 6.07) is 17.4. The van der Waals surface area contributed by atoms with Crippen molar-refractivity contribution in [3.63, 3.8) is 0 Å². The normalized spacial score (nSPS) is 11.0. The Kier molecular flexibility index (Phi) is 7.14. The van der Waals surface area contributed by atoms with Crippen molar-refractivity contribution in [3.8, 4) is 5.75 Å². The Balaban J connectivity index is 1.68. The van der Waals surface area contributed by atoms with Gasteiger partial charge >= 0.3 is 0 Å². The fourth-order valence-corrected chi connectivity index (χ4v) is 3.56. The lowest BCUT2D eigenvalue weighted by molar-refractivity contribution is -0.118. The quantitative estimate of drug-likeness (QED) is 0.483. The Morgan fingerprint density at radius 2 is 1.69 bits per heavy atom. The molecule has 0 atom stereocenters. The third-order valence-corrected chi connectivity index (χ3v) is 5.53. The molecule has 166 valence electrons. The van der Waals surface area contributed by atoms with Gasteiger partial charge in [-0.05, 0) is 61.0 Å². The fraction of sp³-hybridized carbons (Fsp3) is 0.0909. The molecule has 3 aromatic carbocycles. The third kappa shape index (κ3) is 6.07. The summed E-state index contributed by atoms with van der Waals surface area (Å²) in [6.45, 7) is 1.29. The zero-order valence-corrected chi connectivity index (χ0v) is 18.5. The minimum Gasteiger partial charge on any atom is -0.482 e. The molecule has 0 unspecified atom stereocenters. The molecule has 0 saturated carbocycles. The second-order valence-electron chi connectivity index (χ2n) is 6.82. The van der Waals surface area contributed by atoms with E-state index < -0.39 is 15.9 Å². The van der Waals surface area contributed by atoms with Crippen molar-refractivity contribution in [1.82, 2.24) is 0 Å². The van der Waals surface area contributed by atoms with Crippen molar-refractivity contribution in [2.24, 2.45) is 5.14 Å². The third-order valence-electron chi connectivity index (χ3n) is 4.39. The Labute approximate surface area is 190 Å². The molecule has 0 heterocycles. The highest BCUT2D eigenvalue weighted by atomic mass is 35.5. The molecule has 0 aromatic heterocycles. The monoisotopic (exact) mass is 473 g/mol. The van der Waals surface area contributed by atoms with E-state index in [1.165, 1.54) is 24.3 Å². The molecule has 32 heavy (non-hydrogen) atoms. The molecule has 0 aliphatic rings. The van der Waals surface area contributed by atoms with Gasteiger partial charge in [0.25, 0.3) is 11.8 Å². The van der Waals surface area contributed by atoms with Crippen molar-refractivity contribution in [3.05, 3.63) is 82.9 Å². The average molecular weight is 474 g/mol. The number of halogens is 1. The van der Waals surface area contributed by atoms with Crippen LogP contribution in [0.2, 0.25) is 5.02 Å². The number of ether oxygens (including phenoxy) is 1. The van der Waals surface area contributed by atoms with Crippen LogP contribution in [0.1, 0.15) is 15.9 Å². The van der Waals surface area contributed by atoms with Crippen LogP contribution in [0, 0.1) is 6.92 Å². The van der Waals surface area contributed by atoms with Gasteiger partial charge in [0.2, 0.25) is 10.0 Å². The summed E-state index contributed by atoms with van der Waals surface area (Å²) in [7, 11) is -3.84. The number of benzene rings is 3. The van der Waals surface area contributed by atoms with Gasteiger partial charge < -0.3 is 15.4 Å². The van der Waals surface area contributed by atoms with Crippen LogP contribution in [0.5, 0.6) is 5.75 Å². The Hall–Kier alpha value is -3.40. The topological polar surface area (TPSA) is 128 Å². The maximum Gasteiger partial charge on any atom is 0.262 e. The van der Waals surface area contributed by atoms with E-state index in [4.69, 9.17) is 21.5 Å². The van der Waals surface area contributed by atoms with E-state index in [0.29, 0.717) is 27.5 Å². The summed E-state index contributed by atoms with van der Waals surface area (Å²) in [5.41, 5.74) is 1.70. The number of nitrogens with two attached hydrogens (primary N) is 1. The molecule has 0 radical (unpaired) electrons. The largest absolute Gasteiger partial charge is 0.482 e. The molecule has 0 bridgehead atoms. The maximum absolute atomic E-state index is 12.5. The second kappa shape index (κ2) is 9.82. The number of aryl methyl sites for hydroxylation is 1. The van der Waals surface area contributed by atoms with Gasteiger partial charge in [-0.1, -0.05) is 29.8 Å². The fourth-order valence-electron chi connectivity index (χ4n) is 2.79. The molecule has 0 spiro atoms. The van der Waals surface area contributed by atoms with Crippen molar-refractivity contribution in [2.75, 3.05) is 17.2 Å². The maximum atomic E-state index is 12.5. The van der Waals surface area contributed by atoms with E-state index in [9.17, 15) is 18.0 Å². The van der Waals surface area contributed by atoms with E-state index in [1.54, 1.807) is 49.4 Å². The Bertz CT molecular complexity index is 1260. The average Bonchev–Trinajstić information content (AvgIpc) is 2.74. The molecule has 10 heteroatoms. The molecule has 0 saturated heterocycles.